The van der Waals surface area contributed by atoms with Gasteiger partial charge in [-0.25, -0.2) is 0 Å². The van der Waals surface area contributed by atoms with Crippen molar-refractivity contribution in [1.29, 1.82) is 0 Å². The highest BCUT2D eigenvalue weighted by atomic mass is 16.6. The predicted octanol–water partition coefficient (Wildman–Crippen LogP) is 2.64. The Morgan fingerprint density at radius 1 is 1.27 bits per heavy atom. The summed E-state index contributed by atoms with van der Waals surface area (Å²) in [6, 6.07) is 0. The van der Waals surface area contributed by atoms with E-state index in [0.717, 1.165) is 6.42 Å². The first-order valence-electron chi connectivity index (χ1n) is 5.49. The van der Waals surface area contributed by atoms with Crippen LogP contribution in [0.15, 0.2) is 0 Å². The molecular weight excluding hydrogens is 192 g/mol. The molecule has 0 rings (SSSR count). The molecule has 0 saturated carbocycles. The minimum atomic E-state index is -0.121. The summed E-state index contributed by atoms with van der Waals surface area (Å²) >= 11 is 0. The molecule has 1 unspecified atom stereocenters. The quantitative estimate of drug-likeness (QED) is 0.506. The number of rotatable bonds is 6. The zero-order valence-corrected chi connectivity index (χ0v) is 10.6. The third kappa shape index (κ3) is 9.73. The summed E-state index contributed by atoms with van der Waals surface area (Å²) in [6.45, 7) is 9.46. The van der Waals surface area contributed by atoms with Gasteiger partial charge >= 0.3 is 5.97 Å². The summed E-state index contributed by atoms with van der Waals surface area (Å²) < 4.78 is 9.80. The Morgan fingerprint density at radius 2 is 1.87 bits per heavy atom. The number of methoxy groups -OCH3 is 1. The van der Waals surface area contributed by atoms with Crippen molar-refractivity contribution < 1.29 is 14.3 Å². The molecule has 0 aromatic heterocycles. The van der Waals surface area contributed by atoms with Crippen molar-refractivity contribution in [2.24, 2.45) is 11.3 Å². The molecule has 0 aromatic rings. The Bertz CT molecular complexity index is 182. The molecular formula is C12H24O3. The Morgan fingerprint density at radius 3 is 2.33 bits per heavy atom. The lowest BCUT2D eigenvalue weighted by molar-refractivity contribution is -0.146. The number of esters is 1. The van der Waals surface area contributed by atoms with Crippen LogP contribution in [0.25, 0.3) is 0 Å². The minimum absolute atomic E-state index is 0.121. The summed E-state index contributed by atoms with van der Waals surface area (Å²) in [7, 11) is 1.59. The highest BCUT2D eigenvalue weighted by Gasteiger charge is 2.18. The Hall–Kier alpha value is -0.570. The van der Waals surface area contributed by atoms with Crippen LogP contribution in [0.2, 0.25) is 0 Å². The summed E-state index contributed by atoms with van der Waals surface area (Å²) in [4.78, 5) is 11.3. The zero-order valence-electron chi connectivity index (χ0n) is 10.6. The van der Waals surface area contributed by atoms with Crippen LogP contribution in [-0.2, 0) is 14.3 Å². The van der Waals surface area contributed by atoms with Crippen LogP contribution >= 0.6 is 0 Å². The van der Waals surface area contributed by atoms with Crippen LogP contribution in [0.3, 0.4) is 0 Å². The van der Waals surface area contributed by atoms with Crippen LogP contribution in [0.1, 0.15) is 40.5 Å². The van der Waals surface area contributed by atoms with Crippen LogP contribution in [0.5, 0.6) is 0 Å². The van der Waals surface area contributed by atoms with Crippen molar-refractivity contribution in [2.45, 2.75) is 40.5 Å². The Kier molecular flexibility index (Phi) is 6.57. The fourth-order valence-corrected chi connectivity index (χ4v) is 1.70. The minimum Gasteiger partial charge on any atom is -0.463 e. The van der Waals surface area contributed by atoms with Crippen molar-refractivity contribution in [3.8, 4) is 0 Å². The van der Waals surface area contributed by atoms with Crippen molar-refractivity contribution in [1.82, 2.24) is 0 Å². The normalized spacial score (nSPS) is 13.7. The number of hydrogen-bond acceptors (Lipinski definition) is 3. The van der Waals surface area contributed by atoms with E-state index in [1.807, 2.05) is 0 Å². The van der Waals surface area contributed by atoms with Gasteiger partial charge in [-0.1, -0.05) is 27.7 Å². The van der Waals surface area contributed by atoms with Gasteiger partial charge in [0.15, 0.2) is 0 Å². The molecule has 0 spiro atoms. The maximum absolute atomic E-state index is 11.3. The molecule has 0 N–H and O–H groups in total. The van der Waals surface area contributed by atoms with Crippen LogP contribution in [-0.4, -0.2) is 26.3 Å². The molecule has 0 aliphatic heterocycles. The maximum atomic E-state index is 11.3. The van der Waals surface area contributed by atoms with Gasteiger partial charge in [-0.3, -0.25) is 4.79 Å². The molecule has 0 aliphatic carbocycles. The fourth-order valence-electron chi connectivity index (χ4n) is 1.70. The smallest absolute Gasteiger partial charge is 0.306 e. The first-order valence-corrected chi connectivity index (χ1v) is 5.49. The number of hydrogen-bond donors (Lipinski definition) is 0. The monoisotopic (exact) mass is 216 g/mol. The molecule has 0 aromatic carbocycles. The Labute approximate surface area is 93.1 Å². The lowest BCUT2D eigenvalue weighted by atomic mass is 9.84. The molecule has 0 heterocycles. The molecule has 15 heavy (non-hydrogen) atoms. The number of carbonyl (C=O) groups is 1. The highest BCUT2D eigenvalue weighted by Crippen LogP contribution is 2.25. The van der Waals surface area contributed by atoms with E-state index in [1.54, 1.807) is 7.11 Å². The van der Waals surface area contributed by atoms with Gasteiger partial charge in [0.1, 0.15) is 6.61 Å². The maximum Gasteiger partial charge on any atom is 0.306 e. The van der Waals surface area contributed by atoms with Gasteiger partial charge in [-0.2, -0.15) is 0 Å². The third-order valence-electron chi connectivity index (χ3n) is 2.03. The van der Waals surface area contributed by atoms with Crippen molar-refractivity contribution in [2.75, 3.05) is 20.3 Å². The van der Waals surface area contributed by atoms with E-state index < -0.39 is 0 Å². The molecule has 0 amide bonds. The van der Waals surface area contributed by atoms with Gasteiger partial charge in [0.2, 0.25) is 0 Å². The van der Waals surface area contributed by atoms with E-state index in [-0.39, 0.29) is 11.4 Å². The van der Waals surface area contributed by atoms with Gasteiger partial charge in [0.25, 0.3) is 0 Å². The van der Waals surface area contributed by atoms with Crippen molar-refractivity contribution >= 4 is 5.97 Å². The van der Waals surface area contributed by atoms with E-state index >= 15 is 0 Å². The summed E-state index contributed by atoms with van der Waals surface area (Å²) in [5.74, 6) is 0.254. The fraction of sp³-hybridized carbons (Fsp3) is 0.917. The first-order chi connectivity index (χ1) is 6.85. The molecule has 3 nitrogen and oxygen atoms in total. The molecule has 0 radical (unpaired) electrons. The predicted molar refractivity (Wildman–Crippen MR) is 60.7 cm³/mol. The van der Waals surface area contributed by atoms with Crippen LogP contribution in [0.4, 0.5) is 0 Å². The van der Waals surface area contributed by atoms with Crippen molar-refractivity contribution in [3.63, 3.8) is 0 Å². The summed E-state index contributed by atoms with van der Waals surface area (Å²) in [5.41, 5.74) is 0.270. The first kappa shape index (κ1) is 14.4. The van der Waals surface area contributed by atoms with E-state index in [2.05, 4.69) is 27.7 Å². The van der Waals surface area contributed by atoms with Crippen molar-refractivity contribution in [3.05, 3.63) is 0 Å². The average Bonchev–Trinajstić information content (AvgIpc) is 2.00. The lowest BCUT2D eigenvalue weighted by Gasteiger charge is -2.22. The molecule has 90 valence electrons. The summed E-state index contributed by atoms with van der Waals surface area (Å²) in [6.07, 6.45) is 1.54. The number of carbonyl (C=O) groups excluding carboxylic acids is 1. The second kappa shape index (κ2) is 6.83. The zero-order chi connectivity index (χ0) is 11.9. The number of ether oxygens (including phenoxy) is 2. The largest absolute Gasteiger partial charge is 0.463 e. The topological polar surface area (TPSA) is 35.5 Å². The molecule has 0 bridgehead atoms. The summed E-state index contributed by atoms with van der Waals surface area (Å²) in [5, 5.41) is 0. The average molecular weight is 216 g/mol. The van der Waals surface area contributed by atoms with E-state index in [0.29, 0.717) is 25.6 Å². The third-order valence-corrected chi connectivity index (χ3v) is 2.03. The highest BCUT2D eigenvalue weighted by molar-refractivity contribution is 5.69. The van der Waals surface area contributed by atoms with Crippen LogP contribution < -0.4 is 0 Å². The Balaban J connectivity index is 3.67. The molecule has 1 atom stereocenters. The standard InChI is InChI=1S/C12H24O3/c1-10(9-12(2,3)4)8-11(13)15-7-6-14-5/h10H,6-9H2,1-5H3. The van der Waals surface area contributed by atoms with E-state index in [4.69, 9.17) is 9.47 Å². The van der Waals surface area contributed by atoms with Gasteiger partial charge in [0.05, 0.1) is 6.61 Å². The van der Waals surface area contributed by atoms with Gasteiger partial charge in [-0.05, 0) is 17.8 Å². The van der Waals surface area contributed by atoms with E-state index in [9.17, 15) is 4.79 Å². The molecule has 0 fully saturated rings. The van der Waals surface area contributed by atoms with Gasteiger partial charge < -0.3 is 9.47 Å². The van der Waals surface area contributed by atoms with Crippen LogP contribution in [0, 0.1) is 11.3 Å². The SMILES string of the molecule is COCCOC(=O)CC(C)CC(C)(C)C. The van der Waals surface area contributed by atoms with Gasteiger partial charge in [0, 0.05) is 13.5 Å². The molecule has 3 heteroatoms. The lowest BCUT2D eigenvalue weighted by Crippen LogP contribution is -2.17. The second-order valence-electron chi connectivity index (χ2n) is 5.29. The second-order valence-corrected chi connectivity index (χ2v) is 5.29. The van der Waals surface area contributed by atoms with E-state index in [1.165, 1.54) is 0 Å². The molecule has 0 aliphatic rings. The molecule has 0 saturated heterocycles. The van der Waals surface area contributed by atoms with Gasteiger partial charge in [-0.15, -0.1) is 0 Å².